The van der Waals surface area contributed by atoms with Gasteiger partial charge in [0.25, 0.3) is 0 Å². The average Bonchev–Trinajstić information content (AvgIpc) is 2.93. The van der Waals surface area contributed by atoms with E-state index in [2.05, 4.69) is 26.2 Å². The van der Waals surface area contributed by atoms with Crippen LogP contribution in [0.15, 0.2) is 55.1 Å². The highest BCUT2D eigenvalue weighted by molar-refractivity contribution is 6.76. The molecule has 0 spiro atoms. The first-order valence-corrected chi connectivity index (χ1v) is 17.4. The average molecular weight is 582 g/mol. The maximum atomic E-state index is 13.3. The van der Waals surface area contributed by atoms with E-state index in [0.29, 0.717) is 23.7 Å². The topological polar surface area (TPSA) is 130 Å². The summed E-state index contributed by atoms with van der Waals surface area (Å²) in [5, 5.41) is 8.75. The molecular weight excluding hydrogens is 544 g/mol. The number of benzene rings is 2. The van der Waals surface area contributed by atoms with Crippen molar-refractivity contribution < 1.29 is 43.2 Å². The zero-order valence-electron chi connectivity index (χ0n) is 23.6. The van der Waals surface area contributed by atoms with Gasteiger partial charge in [-0.15, -0.1) is 0 Å². The lowest BCUT2D eigenvalue weighted by Crippen LogP contribution is -2.51. The lowest BCUT2D eigenvalue weighted by molar-refractivity contribution is -0.154. The first-order valence-electron chi connectivity index (χ1n) is 13.7. The molecule has 0 saturated heterocycles. The fraction of sp³-hybridized carbons (Fsp3) is 0.419. The van der Waals surface area contributed by atoms with Crippen molar-refractivity contribution in [3.8, 4) is 11.5 Å². The molecule has 0 aliphatic heterocycles. The Morgan fingerprint density at radius 3 is 2.39 bits per heavy atom. The molecule has 2 aromatic rings. The molecule has 1 saturated carbocycles. The Labute approximate surface area is 240 Å². The third kappa shape index (κ3) is 7.24. The number of rotatable bonds is 13. The number of carboxylic acids is 1. The number of hydrogen-bond donors (Lipinski definition) is 1. The van der Waals surface area contributed by atoms with Crippen LogP contribution >= 0.6 is 0 Å². The Kier molecular flexibility index (Phi) is 9.32. The van der Waals surface area contributed by atoms with Crippen LogP contribution in [0.2, 0.25) is 25.7 Å². The third-order valence-corrected chi connectivity index (χ3v) is 9.14. The lowest BCUT2D eigenvalue weighted by Gasteiger charge is -2.44. The highest BCUT2D eigenvalue weighted by Gasteiger charge is 2.60. The predicted octanol–water partition coefficient (Wildman–Crippen LogP) is 4.70. The first-order chi connectivity index (χ1) is 19.5. The van der Waals surface area contributed by atoms with Crippen LogP contribution in [-0.4, -0.2) is 61.5 Å². The second-order valence-corrected chi connectivity index (χ2v) is 17.2. The van der Waals surface area contributed by atoms with Gasteiger partial charge in [0.05, 0.1) is 19.9 Å². The normalized spacial score (nSPS) is 21.0. The molecule has 2 aromatic carbocycles. The van der Waals surface area contributed by atoms with Crippen molar-refractivity contribution in [1.29, 1.82) is 0 Å². The number of carboxylic acid groups (broad SMARTS) is 1. The van der Waals surface area contributed by atoms with Crippen LogP contribution in [0.3, 0.4) is 0 Å². The number of esters is 2. The number of ether oxygens (including phenoxy) is 4. The fourth-order valence-electron chi connectivity index (χ4n) is 5.45. The van der Waals surface area contributed by atoms with Crippen molar-refractivity contribution >= 4 is 31.8 Å². The van der Waals surface area contributed by atoms with Gasteiger partial charge in [0.2, 0.25) is 0 Å². The summed E-state index contributed by atoms with van der Waals surface area (Å²) in [6.45, 7) is 10.4. The molecule has 4 atom stereocenters. The van der Waals surface area contributed by atoms with Gasteiger partial charge in [-0.05, 0) is 41.0 Å². The van der Waals surface area contributed by atoms with Gasteiger partial charge in [-0.3, -0.25) is 9.59 Å². The minimum atomic E-state index is -1.41. The predicted molar refractivity (Wildman–Crippen MR) is 155 cm³/mol. The second-order valence-electron chi connectivity index (χ2n) is 11.6. The number of fused-ring (bicyclic) bond motifs is 2. The summed E-state index contributed by atoms with van der Waals surface area (Å²) in [4.78, 5) is 48.4. The molecular formula is C31H37O9Si+. The number of carbonyl (C=O) groups is 3. The van der Waals surface area contributed by atoms with Crippen LogP contribution in [0.25, 0.3) is 0 Å². The molecule has 10 heteroatoms. The number of aliphatic carboxylic acids is 1. The summed E-state index contributed by atoms with van der Waals surface area (Å²) >= 11 is 0. The van der Waals surface area contributed by atoms with Crippen LogP contribution in [-0.2, 0) is 30.5 Å². The van der Waals surface area contributed by atoms with E-state index in [1.54, 1.807) is 30.3 Å². The summed E-state index contributed by atoms with van der Waals surface area (Å²) in [5.41, 5.74) is 2.43. The van der Waals surface area contributed by atoms with E-state index >= 15 is 0 Å². The Bertz CT molecular complexity index is 1310. The molecule has 0 heterocycles. The van der Waals surface area contributed by atoms with Gasteiger partial charge >= 0.3 is 17.9 Å². The Hall–Kier alpha value is -3.92. The Morgan fingerprint density at radius 2 is 1.73 bits per heavy atom. The Balaban J connectivity index is 1.55. The number of Topliss-reactive ketones (excluding diaryl/α,β-unsaturated/α-hetero) is 1. The maximum Gasteiger partial charge on any atom is 0.487 e. The van der Waals surface area contributed by atoms with Crippen LogP contribution < -0.4 is 9.47 Å². The van der Waals surface area contributed by atoms with Gasteiger partial charge in [0, 0.05) is 18.4 Å². The monoisotopic (exact) mass is 581 g/mol. The molecule has 3 aliphatic rings. The molecule has 2 bridgehead atoms. The maximum absolute atomic E-state index is 13.3. The van der Waals surface area contributed by atoms with E-state index in [-0.39, 0.29) is 31.4 Å². The van der Waals surface area contributed by atoms with Gasteiger partial charge in [0.1, 0.15) is 36.4 Å². The van der Waals surface area contributed by atoms with Gasteiger partial charge in [-0.2, -0.15) is 0 Å². The zero-order valence-corrected chi connectivity index (χ0v) is 24.6. The van der Waals surface area contributed by atoms with Crippen molar-refractivity contribution in [2.75, 3.05) is 19.8 Å². The summed E-state index contributed by atoms with van der Waals surface area (Å²) in [6.07, 6.45) is 1.67. The highest BCUT2D eigenvalue weighted by atomic mass is 28.3. The van der Waals surface area contributed by atoms with E-state index in [4.69, 9.17) is 24.1 Å². The quantitative estimate of drug-likeness (QED) is 0.156. The van der Waals surface area contributed by atoms with Crippen molar-refractivity contribution in [1.82, 2.24) is 0 Å². The number of carbonyl (C=O) groups excluding carboxylic acids is 3. The molecule has 2 unspecified atom stereocenters. The van der Waals surface area contributed by atoms with E-state index in [1.807, 2.05) is 12.1 Å². The molecule has 1 fully saturated rings. The number of hydrogen-bond acceptors (Lipinski definition) is 7. The van der Waals surface area contributed by atoms with Crippen LogP contribution in [0.5, 0.6) is 11.5 Å². The standard InChI is InChI=1S/C31H36O9Si/c1-5-12-37-31(36)29-27-23-15-21(39-17-19-6-8-20(9-7-19)40-18-26(33)34)10-11-22(23)24(16-25(27)32)28(29)30(35)38-13-14-41(2,3)4/h5-11,15,24,27-29H,1,12-14,16-18H2,2-4H3,(H,33,34)/p+1/t24?,27?,28-,29-/m1/s1. The molecule has 2 N–H and O–H groups in total. The second kappa shape index (κ2) is 12.7. The van der Waals surface area contributed by atoms with Crippen molar-refractivity contribution in [2.24, 2.45) is 11.8 Å². The van der Waals surface area contributed by atoms with Gasteiger partial charge in [-0.25, -0.2) is 4.79 Å². The highest BCUT2D eigenvalue weighted by Crippen LogP contribution is 2.55. The summed E-state index contributed by atoms with van der Waals surface area (Å²) in [7, 11) is -1.41. The molecule has 0 aromatic heterocycles. The lowest BCUT2D eigenvalue weighted by atomic mass is 9.55. The van der Waals surface area contributed by atoms with Crippen molar-refractivity contribution in [3.05, 3.63) is 71.8 Å². The van der Waals surface area contributed by atoms with Crippen LogP contribution in [0.1, 0.15) is 34.9 Å². The van der Waals surface area contributed by atoms with E-state index in [0.717, 1.165) is 17.2 Å². The molecule has 0 amide bonds. The van der Waals surface area contributed by atoms with Crippen molar-refractivity contribution in [2.45, 2.75) is 50.5 Å². The zero-order chi connectivity index (χ0) is 29.7. The Morgan fingerprint density at radius 1 is 1.02 bits per heavy atom. The minimum Gasteiger partial charge on any atom is -0.489 e. The first kappa shape index (κ1) is 30.0. The summed E-state index contributed by atoms with van der Waals surface area (Å²) < 4.78 is 22.4. The largest absolute Gasteiger partial charge is 0.489 e. The smallest absolute Gasteiger partial charge is 0.487 e. The van der Waals surface area contributed by atoms with Crippen LogP contribution in [0, 0.1) is 11.8 Å². The SMILES string of the molecule is C=CCOC(=O)[C@@H]1C2C(=O)CC(c3ccc(OCc4ccc(OCC(=O)O)cc4)cc32)[C@H]1C(=[OH+])OCC[Si](C)(C)C. The summed E-state index contributed by atoms with van der Waals surface area (Å²) in [6, 6.07) is 13.2. The van der Waals surface area contributed by atoms with Crippen molar-refractivity contribution in [3.63, 3.8) is 0 Å². The molecule has 218 valence electrons. The van der Waals surface area contributed by atoms with E-state index in [1.165, 1.54) is 6.08 Å². The number of ketones is 1. The molecule has 3 aliphatic carbocycles. The molecule has 9 nitrogen and oxygen atoms in total. The summed E-state index contributed by atoms with van der Waals surface area (Å²) in [5.74, 6) is -3.79. The van der Waals surface area contributed by atoms with Gasteiger partial charge < -0.3 is 28.8 Å². The van der Waals surface area contributed by atoms with E-state index < -0.39 is 50.3 Å². The van der Waals surface area contributed by atoms with E-state index in [9.17, 15) is 19.2 Å². The van der Waals surface area contributed by atoms with Gasteiger partial charge in [0.15, 0.2) is 13.2 Å². The molecule has 0 radical (unpaired) electrons. The minimum absolute atomic E-state index is 0.00101. The van der Waals surface area contributed by atoms with Crippen LogP contribution in [0.4, 0.5) is 0 Å². The fourth-order valence-corrected chi connectivity index (χ4v) is 6.16. The molecule has 5 rings (SSSR count). The van der Waals surface area contributed by atoms with Gasteiger partial charge in [-0.1, -0.05) is 50.5 Å². The third-order valence-electron chi connectivity index (χ3n) is 7.43. The molecule has 41 heavy (non-hydrogen) atoms.